The summed E-state index contributed by atoms with van der Waals surface area (Å²) in [5.41, 5.74) is 0.390. The van der Waals surface area contributed by atoms with Crippen molar-refractivity contribution in [3.05, 3.63) is 35.5 Å². The number of nitrogens with zero attached hydrogens (tertiary/aromatic N) is 1. The van der Waals surface area contributed by atoms with E-state index in [4.69, 9.17) is 4.74 Å². The fourth-order valence-corrected chi connectivity index (χ4v) is 1.82. The first-order valence-electron chi connectivity index (χ1n) is 5.16. The predicted molar refractivity (Wildman–Crippen MR) is 58.8 cm³/mol. The van der Waals surface area contributed by atoms with Crippen LogP contribution in [0.15, 0.2) is 18.2 Å². The Labute approximate surface area is 96.6 Å². The van der Waals surface area contributed by atoms with Crippen molar-refractivity contribution < 1.29 is 18.3 Å². The first-order chi connectivity index (χ1) is 8.04. The van der Waals surface area contributed by atoms with Crippen molar-refractivity contribution in [2.45, 2.75) is 6.92 Å². The van der Waals surface area contributed by atoms with E-state index in [2.05, 4.69) is 0 Å². The molecule has 1 aromatic carbocycles. The number of aryl methyl sites for hydroxylation is 1. The van der Waals surface area contributed by atoms with Crippen molar-refractivity contribution in [3.63, 3.8) is 0 Å². The van der Waals surface area contributed by atoms with Gasteiger partial charge < -0.3 is 9.30 Å². The van der Waals surface area contributed by atoms with Crippen LogP contribution in [0.1, 0.15) is 17.4 Å². The Balaban J connectivity index is 2.64. The molecule has 3 nitrogen and oxygen atoms in total. The fraction of sp³-hybridized carbons (Fsp3) is 0.250. The summed E-state index contributed by atoms with van der Waals surface area (Å²) >= 11 is 0. The van der Waals surface area contributed by atoms with E-state index in [9.17, 15) is 13.6 Å². The molecule has 17 heavy (non-hydrogen) atoms. The molecule has 0 bridgehead atoms. The van der Waals surface area contributed by atoms with Gasteiger partial charge in [-0.2, -0.15) is 0 Å². The molecule has 2 rings (SSSR count). The van der Waals surface area contributed by atoms with E-state index in [0.717, 1.165) is 6.07 Å². The third-order valence-corrected chi connectivity index (χ3v) is 2.53. The van der Waals surface area contributed by atoms with E-state index in [0.29, 0.717) is 5.39 Å². The number of carbonyl (C=O) groups is 1. The summed E-state index contributed by atoms with van der Waals surface area (Å²) in [5.74, 6) is -1.92. The Morgan fingerprint density at radius 3 is 2.71 bits per heavy atom. The van der Waals surface area contributed by atoms with Crippen LogP contribution in [0.25, 0.3) is 10.9 Å². The molecule has 0 aliphatic heterocycles. The molecule has 0 aliphatic carbocycles. The van der Waals surface area contributed by atoms with E-state index in [1.165, 1.54) is 23.7 Å². The Morgan fingerprint density at radius 2 is 2.06 bits per heavy atom. The zero-order valence-corrected chi connectivity index (χ0v) is 9.46. The van der Waals surface area contributed by atoms with Crippen molar-refractivity contribution in [1.82, 2.24) is 4.57 Å². The quantitative estimate of drug-likeness (QED) is 0.754. The summed E-state index contributed by atoms with van der Waals surface area (Å²) in [6.07, 6.45) is 0. The first kappa shape index (κ1) is 11.6. The maximum Gasteiger partial charge on any atom is 0.354 e. The zero-order chi connectivity index (χ0) is 12.6. The standard InChI is InChI=1S/C12H11F2NO2/c1-3-17-12(16)10-5-7-4-8(13)6-9(14)11(7)15(10)2/h4-6H,3H2,1-2H3. The second-order valence-electron chi connectivity index (χ2n) is 3.63. The highest BCUT2D eigenvalue weighted by atomic mass is 19.1. The topological polar surface area (TPSA) is 31.2 Å². The lowest BCUT2D eigenvalue weighted by molar-refractivity contribution is 0.0516. The van der Waals surface area contributed by atoms with Crippen LogP contribution < -0.4 is 0 Å². The minimum atomic E-state index is -0.696. The molecule has 0 amide bonds. The van der Waals surface area contributed by atoms with Crippen LogP contribution in [0.5, 0.6) is 0 Å². The summed E-state index contributed by atoms with van der Waals surface area (Å²) in [6, 6.07) is 3.39. The average molecular weight is 239 g/mol. The van der Waals surface area contributed by atoms with Crippen LogP contribution in [0.4, 0.5) is 8.78 Å². The Bertz CT molecular complexity index is 590. The molecule has 5 heteroatoms. The maximum atomic E-state index is 13.6. The number of carbonyl (C=O) groups excluding carboxylic acids is 1. The molecular weight excluding hydrogens is 228 g/mol. The van der Waals surface area contributed by atoms with Crippen molar-refractivity contribution >= 4 is 16.9 Å². The minimum absolute atomic E-state index is 0.189. The molecule has 1 heterocycles. The smallest absolute Gasteiger partial charge is 0.354 e. The summed E-state index contributed by atoms with van der Waals surface area (Å²) in [6.45, 7) is 1.91. The number of fused-ring (bicyclic) bond motifs is 1. The molecule has 0 atom stereocenters. The van der Waals surface area contributed by atoms with Crippen molar-refractivity contribution in [3.8, 4) is 0 Å². The molecule has 1 aromatic heterocycles. The molecule has 0 aliphatic rings. The van der Waals surface area contributed by atoms with Gasteiger partial charge in [-0.05, 0) is 19.1 Å². The van der Waals surface area contributed by atoms with Gasteiger partial charge in [0.05, 0.1) is 12.1 Å². The number of benzene rings is 1. The second-order valence-corrected chi connectivity index (χ2v) is 3.63. The van der Waals surface area contributed by atoms with Gasteiger partial charge in [-0.3, -0.25) is 0 Å². The number of esters is 1. The molecule has 0 N–H and O–H groups in total. The van der Waals surface area contributed by atoms with Gasteiger partial charge in [0.25, 0.3) is 0 Å². The van der Waals surface area contributed by atoms with Gasteiger partial charge in [-0.1, -0.05) is 0 Å². The number of ether oxygens (including phenoxy) is 1. The summed E-state index contributed by atoms with van der Waals surface area (Å²) in [4.78, 5) is 11.6. The van der Waals surface area contributed by atoms with Gasteiger partial charge >= 0.3 is 5.97 Å². The average Bonchev–Trinajstić information content (AvgIpc) is 2.56. The summed E-state index contributed by atoms with van der Waals surface area (Å²) in [5, 5.41) is 0.341. The van der Waals surface area contributed by atoms with E-state index < -0.39 is 17.6 Å². The number of hydrogen-bond acceptors (Lipinski definition) is 2. The van der Waals surface area contributed by atoms with E-state index in [1.54, 1.807) is 6.92 Å². The lowest BCUT2D eigenvalue weighted by Crippen LogP contribution is -2.09. The number of halogens is 2. The van der Waals surface area contributed by atoms with Crippen LogP contribution in [0.2, 0.25) is 0 Å². The summed E-state index contributed by atoms with van der Waals surface area (Å²) < 4.78 is 32.8. The van der Waals surface area contributed by atoms with Crippen LogP contribution in [-0.4, -0.2) is 17.1 Å². The second kappa shape index (κ2) is 4.16. The van der Waals surface area contributed by atoms with E-state index >= 15 is 0 Å². The van der Waals surface area contributed by atoms with Gasteiger partial charge in [-0.15, -0.1) is 0 Å². The molecule has 0 radical (unpaired) electrons. The summed E-state index contributed by atoms with van der Waals surface area (Å²) in [7, 11) is 1.54. The Kier molecular flexibility index (Phi) is 2.83. The number of hydrogen-bond donors (Lipinski definition) is 0. The highest BCUT2D eigenvalue weighted by molar-refractivity contribution is 5.95. The number of rotatable bonds is 2. The predicted octanol–water partition coefficient (Wildman–Crippen LogP) is 2.63. The lowest BCUT2D eigenvalue weighted by atomic mass is 10.2. The zero-order valence-electron chi connectivity index (χ0n) is 9.46. The van der Waals surface area contributed by atoms with Gasteiger partial charge in [0.1, 0.15) is 17.3 Å². The molecular formula is C12H11F2NO2. The molecule has 2 aromatic rings. The van der Waals surface area contributed by atoms with E-state index in [-0.39, 0.29) is 17.8 Å². The van der Waals surface area contributed by atoms with Gasteiger partial charge in [0, 0.05) is 18.5 Å². The Hall–Kier alpha value is -1.91. The highest BCUT2D eigenvalue weighted by Crippen LogP contribution is 2.23. The van der Waals surface area contributed by atoms with Crippen molar-refractivity contribution in [1.29, 1.82) is 0 Å². The lowest BCUT2D eigenvalue weighted by Gasteiger charge is -2.03. The molecule has 0 saturated heterocycles. The molecule has 0 spiro atoms. The first-order valence-corrected chi connectivity index (χ1v) is 5.16. The third-order valence-electron chi connectivity index (χ3n) is 2.53. The normalized spacial score (nSPS) is 10.8. The van der Waals surface area contributed by atoms with Crippen LogP contribution in [0.3, 0.4) is 0 Å². The van der Waals surface area contributed by atoms with Crippen LogP contribution in [-0.2, 0) is 11.8 Å². The van der Waals surface area contributed by atoms with Crippen LogP contribution in [0, 0.1) is 11.6 Å². The third kappa shape index (κ3) is 1.88. The Morgan fingerprint density at radius 1 is 1.35 bits per heavy atom. The van der Waals surface area contributed by atoms with Crippen molar-refractivity contribution in [2.24, 2.45) is 7.05 Å². The molecule has 0 unspecified atom stereocenters. The molecule has 90 valence electrons. The van der Waals surface area contributed by atoms with E-state index in [1.807, 2.05) is 0 Å². The maximum absolute atomic E-state index is 13.6. The SMILES string of the molecule is CCOC(=O)c1cc2cc(F)cc(F)c2n1C. The molecule has 0 fully saturated rings. The van der Waals surface area contributed by atoms with Gasteiger partial charge in [0.15, 0.2) is 0 Å². The largest absolute Gasteiger partial charge is 0.461 e. The number of aromatic nitrogens is 1. The minimum Gasteiger partial charge on any atom is -0.461 e. The van der Waals surface area contributed by atoms with Crippen LogP contribution >= 0.6 is 0 Å². The monoisotopic (exact) mass is 239 g/mol. The fourth-order valence-electron chi connectivity index (χ4n) is 1.82. The van der Waals surface area contributed by atoms with Gasteiger partial charge in [0.2, 0.25) is 0 Å². The van der Waals surface area contributed by atoms with Crippen molar-refractivity contribution in [2.75, 3.05) is 6.61 Å². The highest BCUT2D eigenvalue weighted by Gasteiger charge is 2.17. The molecule has 0 saturated carbocycles. The van der Waals surface area contributed by atoms with Gasteiger partial charge in [-0.25, -0.2) is 13.6 Å².